The van der Waals surface area contributed by atoms with Crippen molar-refractivity contribution in [1.82, 2.24) is 4.90 Å². The Kier molecular flexibility index (Phi) is 4.95. The van der Waals surface area contributed by atoms with Crippen molar-refractivity contribution in [3.05, 3.63) is 0 Å². The number of rotatable bonds is 4. The first-order valence-electron chi connectivity index (χ1n) is 6.89. The molecule has 4 nitrogen and oxygen atoms in total. The fraction of sp³-hybridized carbons (Fsp3) is 0.846. The van der Waals surface area contributed by atoms with Crippen LogP contribution >= 0.6 is 12.2 Å². The molecule has 2 fully saturated rings. The van der Waals surface area contributed by atoms with Gasteiger partial charge in [-0.3, -0.25) is 4.79 Å². The minimum atomic E-state index is -0.0141. The Morgan fingerprint density at radius 1 is 1.33 bits per heavy atom. The molecule has 2 saturated heterocycles. The lowest BCUT2D eigenvalue weighted by Gasteiger charge is -2.26. The van der Waals surface area contributed by atoms with Crippen LogP contribution in [0, 0.1) is 0 Å². The van der Waals surface area contributed by atoms with E-state index in [1.54, 1.807) is 0 Å². The van der Waals surface area contributed by atoms with Crippen molar-refractivity contribution in [1.29, 1.82) is 0 Å². The van der Waals surface area contributed by atoms with Gasteiger partial charge in [0, 0.05) is 19.6 Å². The van der Waals surface area contributed by atoms with Crippen molar-refractivity contribution in [3.8, 4) is 0 Å². The second kappa shape index (κ2) is 6.48. The quantitative estimate of drug-likeness (QED) is 0.789. The summed E-state index contributed by atoms with van der Waals surface area (Å²) in [5.74, 6) is 0.180. The van der Waals surface area contributed by atoms with Crippen LogP contribution in [0.25, 0.3) is 0 Å². The first-order valence-corrected chi connectivity index (χ1v) is 7.29. The molecule has 2 N–H and O–H groups in total. The van der Waals surface area contributed by atoms with E-state index in [4.69, 9.17) is 22.7 Å². The predicted molar refractivity (Wildman–Crippen MR) is 74.3 cm³/mol. The molecule has 2 aliphatic rings. The highest BCUT2D eigenvalue weighted by Gasteiger charge is 2.30. The van der Waals surface area contributed by atoms with Gasteiger partial charge in [0.1, 0.15) is 0 Å². The van der Waals surface area contributed by atoms with Gasteiger partial charge in [-0.2, -0.15) is 0 Å². The molecule has 102 valence electrons. The number of nitrogens with zero attached hydrogens (tertiary/aromatic N) is 1. The van der Waals surface area contributed by atoms with Crippen molar-refractivity contribution in [2.75, 3.05) is 13.2 Å². The molecule has 0 aromatic heterocycles. The molecule has 2 aliphatic heterocycles. The molecule has 2 heterocycles. The number of hydrogen-bond acceptors (Lipinski definition) is 3. The van der Waals surface area contributed by atoms with Gasteiger partial charge in [0.05, 0.1) is 17.1 Å². The highest BCUT2D eigenvalue weighted by Crippen LogP contribution is 2.21. The highest BCUT2D eigenvalue weighted by molar-refractivity contribution is 7.80. The van der Waals surface area contributed by atoms with Crippen LogP contribution in [0.3, 0.4) is 0 Å². The summed E-state index contributed by atoms with van der Waals surface area (Å²) < 4.78 is 5.64. The summed E-state index contributed by atoms with van der Waals surface area (Å²) in [5, 5.41) is 0. The van der Waals surface area contributed by atoms with Crippen LogP contribution in [0.2, 0.25) is 0 Å². The number of ether oxygens (including phenoxy) is 1. The van der Waals surface area contributed by atoms with Crippen LogP contribution in [0.4, 0.5) is 0 Å². The first kappa shape index (κ1) is 13.7. The van der Waals surface area contributed by atoms with Crippen LogP contribution < -0.4 is 5.73 Å². The third kappa shape index (κ3) is 3.42. The van der Waals surface area contributed by atoms with E-state index in [1.807, 2.05) is 4.90 Å². The Morgan fingerprint density at radius 2 is 2.17 bits per heavy atom. The number of thiocarbonyl (C=S) groups is 1. The van der Waals surface area contributed by atoms with Gasteiger partial charge in [0.15, 0.2) is 0 Å². The molecule has 0 bridgehead atoms. The fourth-order valence-corrected chi connectivity index (χ4v) is 3.07. The van der Waals surface area contributed by atoms with Gasteiger partial charge >= 0.3 is 0 Å². The van der Waals surface area contributed by atoms with Crippen LogP contribution in [0.1, 0.15) is 44.9 Å². The standard InChI is InChI=1S/C13H22N2O2S/c14-13(18)11-5-3-8-15(11)12(16)7-6-10-4-1-2-9-17-10/h10-11H,1-9H2,(H2,14,18). The minimum Gasteiger partial charge on any atom is -0.392 e. The van der Waals surface area contributed by atoms with Gasteiger partial charge in [0.25, 0.3) is 0 Å². The van der Waals surface area contributed by atoms with Crippen molar-refractivity contribution in [3.63, 3.8) is 0 Å². The molecular weight excluding hydrogens is 248 g/mol. The Bertz CT molecular complexity index is 316. The van der Waals surface area contributed by atoms with E-state index in [2.05, 4.69) is 0 Å². The summed E-state index contributed by atoms with van der Waals surface area (Å²) in [6.45, 7) is 1.64. The zero-order chi connectivity index (χ0) is 13.0. The third-order valence-corrected chi connectivity index (χ3v) is 4.13. The second-order valence-corrected chi connectivity index (χ2v) is 5.65. The molecule has 0 saturated carbocycles. The Balaban J connectivity index is 1.78. The van der Waals surface area contributed by atoms with Crippen LogP contribution in [0.5, 0.6) is 0 Å². The largest absolute Gasteiger partial charge is 0.392 e. The number of amides is 1. The average Bonchev–Trinajstić information content (AvgIpc) is 2.86. The van der Waals surface area contributed by atoms with E-state index >= 15 is 0 Å². The van der Waals surface area contributed by atoms with E-state index in [-0.39, 0.29) is 18.1 Å². The van der Waals surface area contributed by atoms with E-state index in [1.165, 1.54) is 6.42 Å². The predicted octanol–water partition coefficient (Wildman–Crippen LogP) is 1.61. The van der Waals surface area contributed by atoms with Gasteiger partial charge in [-0.05, 0) is 38.5 Å². The summed E-state index contributed by atoms with van der Waals surface area (Å²) in [6.07, 6.45) is 7.05. The molecule has 5 heteroatoms. The summed E-state index contributed by atoms with van der Waals surface area (Å²) in [4.78, 5) is 14.5. The maximum atomic E-state index is 12.2. The molecule has 0 aromatic rings. The van der Waals surface area contributed by atoms with Gasteiger partial charge in [-0.25, -0.2) is 0 Å². The smallest absolute Gasteiger partial charge is 0.223 e. The van der Waals surface area contributed by atoms with E-state index in [0.717, 1.165) is 45.3 Å². The van der Waals surface area contributed by atoms with Gasteiger partial charge in [-0.15, -0.1) is 0 Å². The lowest BCUT2D eigenvalue weighted by atomic mass is 10.0. The summed E-state index contributed by atoms with van der Waals surface area (Å²) >= 11 is 5.02. The topological polar surface area (TPSA) is 55.6 Å². The summed E-state index contributed by atoms with van der Waals surface area (Å²) in [6, 6.07) is -0.0141. The molecule has 1 amide bonds. The molecule has 2 rings (SSSR count). The SMILES string of the molecule is NC(=S)C1CCCN1C(=O)CCC1CCCCO1. The summed E-state index contributed by atoms with van der Waals surface area (Å²) in [5.41, 5.74) is 5.68. The Hall–Kier alpha value is -0.680. The molecular formula is C13H22N2O2S. The zero-order valence-corrected chi connectivity index (χ0v) is 11.6. The van der Waals surface area contributed by atoms with Crippen molar-refractivity contribution >= 4 is 23.1 Å². The van der Waals surface area contributed by atoms with Crippen molar-refractivity contribution in [2.24, 2.45) is 5.73 Å². The molecule has 0 radical (unpaired) electrons. The molecule has 2 atom stereocenters. The average molecular weight is 270 g/mol. The highest BCUT2D eigenvalue weighted by atomic mass is 32.1. The number of nitrogens with two attached hydrogens (primary N) is 1. The lowest BCUT2D eigenvalue weighted by Crippen LogP contribution is -2.43. The van der Waals surface area contributed by atoms with Crippen LogP contribution in [-0.4, -0.2) is 41.1 Å². The molecule has 2 unspecified atom stereocenters. The maximum Gasteiger partial charge on any atom is 0.223 e. The van der Waals surface area contributed by atoms with Crippen LogP contribution in [0.15, 0.2) is 0 Å². The van der Waals surface area contributed by atoms with Gasteiger partial charge in [-0.1, -0.05) is 12.2 Å². The number of likely N-dealkylation sites (tertiary alicyclic amines) is 1. The van der Waals surface area contributed by atoms with Gasteiger partial charge in [0.2, 0.25) is 5.91 Å². The normalized spacial score (nSPS) is 28.3. The third-order valence-electron chi connectivity index (χ3n) is 3.86. The van der Waals surface area contributed by atoms with E-state index < -0.39 is 0 Å². The molecule has 0 aromatic carbocycles. The second-order valence-electron chi connectivity index (χ2n) is 5.17. The lowest BCUT2D eigenvalue weighted by molar-refractivity contribution is -0.132. The van der Waals surface area contributed by atoms with E-state index in [9.17, 15) is 4.79 Å². The fourth-order valence-electron chi connectivity index (χ4n) is 2.82. The number of carbonyl (C=O) groups is 1. The number of carbonyl (C=O) groups excluding carboxylic acids is 1. The first-order chi connectivity index (χ1) is 8.68. The van der Waals surface area contributed by atoms with Crippen molar-refractivity contribution < 1.29 is 9.53 Å². The Labute approximate surface area is 114 Å². The minimum absolute atomic E-state index is 0.0141. The maximum absolute atomic E-state index is 12.2. The molecule has 18 heavy (non-hydrogen) atoms. The molecule has 0 spiro atoms. The monoisotopic (exact) mass is 270 g/mol. The van der Waals surface area contributed by atoms with Crippen LogP contribution in [-0.2, 0) is 9.53 Å². The number of hydrogen-bond donors (Lipinski definition) is 1. The molecule has 0 aliphatic carbocycles. The van der Waals surface area contributed by atoms with Gasteiger partial charge < -0.3 is 15.4 Å². The Morgan fingerprint density at radius 3 is 2.83 bits per heavy atom. The summed E-state index contributed by atoms with van der Waals surface area (Å²) in [7, 11) is 0. The zero-order valence-electron chi connectivity index (χ0n) is 10.8. The van der Waals surface area contributed by atoms with Crippen molar-refractivity contribution in [2.45, 2.75) is 57.1 Å². The van der Waals surface area contributed by atoms with E-state index in [0.29, 0.717) is 11.4 Å².